The molecule has 0 amide bonds. The Bertz CT molecular complexity index is 958. The molecule has 0 spiro atoms. The van der Waals surface area contributed by atoms with Crippen molar-refractivity contribution in [3.05, 3.63) is 59.1 Å². The number of benzene rings is 2. The highest BCUT2D eigenvalue weighted by Gasteiger charge is 2.39. The topological polar surface area (TPSA) is 65.4 Å². The third kappa shape index (κ3) is 6.13. The summed E-state index contributed by atoms with van der Waals surface area (Å²) in [5.74, 6) is -0.453. The maximum atomic E-state index is 14.1. The summed E-state index contributed by atoms with van der Waals surface area (Å²) in [7, 11) is 0. The van der Waals surface area contributed by atoms with Crippen LogP contribution in [0.15, 0.2) is 42.5 Å². The summed E-state index contributed by atoms with van der Waals surface area (Å²) in [6.07, 6.45) is 0.976. The number of ether oxygens (including phenoxy) is 2. The summed E-state index contributed by atoms with van der Waals surface area (Å²) < 4.78 is 38.7. The van der Waals surface area contributed by atoms with Gasteiger partial charge in [-0.05, 0) is 37.1 Å². The molecule has 9 heteroatoms. The predicted octanol–water partition coefficient (Wildman–Crippen LogP) is 3.09. The monoisotopic (exact) mass is 482 g/mol. The Kier molecular flexibility index (Phi) is 7.40. The highest BCUT2D eigenvalue weighted by molar-refractivity contribution is 6.30. The number of para-hydroxylation sites is 1. The van der Waals surface area contributed by atoms with Gasteiger partial charge in [0.1, 0.15) is 29.6 Å². The molecule has 2 aliphatic rings. The third-order valence-corrected chi connectivity index (χ3v) is 6.53. The fourth-order valence-corrected chi connectivity index (χ4v) is 4.62. The van der Waals surface area contributed by atoms with Crippen molar-refractivity contribution in [2.45, 2.75) is 24.0 Å². The number of β-amino-alcohol motifs (C(OH)–C–C–N with tert-alkyl or cyclic N) is 2. The maximum absolute atomic E-state index is 14.1. The lowest BCUT2D eigenvalue weighted by atomic mass is 9.90. The summed E-state index contributed by atoms with van der Waals surface area (Å²) in [4.78, 5) is 3.93. The summed E-state index contributed by atoms with van der Waals surface area (Å²) >= 11 is 5.80. The van der Waals surface area contributed by atoms with Crippen molar-refractivity contribution in [3.8, 4) is 5.75 Å². The van der Waals surface area contributed by atoms with Crippen LogP contribution in [0.2, 0.25) is 5.02 Å². The summed E-state index contributed by atoms with van der Waals surface area (Å²) in [6.45, 7) is 2.70. The first kappa shape index (κ1) is 24.2. The largest absolute Gasteiger partial charge is 0.490 e. The minimum atomic E-state index is -1.30. The van der Waals surface area contributed by atoms with Gasteiger partial charge in [-0.2, -0.15) is 0 Å². The SMILES string of the molecule is OC1(CN2CCOC[C@](O)(COc3ccc(F)c(Cl)c3)C2)CCN(c2ccccc2F)CC1. The Morgan fingerprint density at radius 1 is 1.00 bits per heavy atom. The Morgan fingerprint density at radius 3 is 2.48 bits per heavy atom. The molecular formula is C24H29ClF2N2O4. The van der Waals surface area contributed by atoms with Gasteiger partial charge in [-0.15, -0.1) is 0 Å². The molecule has 0 saturated carbocycles. The summed E-state index contributed by atoms with van der Waals surface area (Å²) in [5.41, 5.74) is -1.70. The number of hydrogen-bond donors (Lipinski definition) is 2. The van der Waals surface area contributed by atoms with E-state index in [0.29, 0.717) is 57.1 Å². The lowest BCUT2D eigenvalue weighted by molar-refractivity contribution is -0.0742. The van der Waals surface area contributed by atoms with Crippen molar-refractivity contribution in [3.63, 3.8) is 0 Å². The lowest BCUT2D eigenvalue weighted by Crippen LogP contribution is -2.55. The normalized spacial score (nSPS) is 23.8. The highest BCUT2D eigenvalue weighted by atomic mass is 35.5. The van der Waals surface area contributed by atoms with Crippen LogP contribution < -0.4 is 9.64 Å². The van der Waals surface area contributed by atoms with Crippen molar-refractivity contribution in [2.75, 3.05) is 57.4 Å². The highest BCUT2D eigenvalue weighted by Crippen LogP contribution is 2.30. The molecule has 2 saturated heterocycles. The maximum Gasteiger partial charge on any atom is 0.146 e. The second-order valence-electron chi connectivity index (χ2n) is 9.01. The van der Waals surface area contributed by atoms with Crippen LogP contribution in [0.3, 0.4) is 0 Å². The zero-order chi connectivity index (χ0) is 23.5. The van der Waals surface area contributed by atoms with Gasteiger partial charge >= 0.3 is 0 Å². The van der Waals surface area contributed by atoms with Crippen molar-refractivity contribution in [1.29, 1.82) is 0 Å². The van der Waals surface area contributed by atoms with E-state index >= 15 is 0 Å². The molecule has 1 atom stereocenters. The van der Waals surface area contributed by atoms with E-state index in [0.717, 1.165) is 0 Å². The molecule has 2 fully saturated rings. The second kappa shape index (κ2) is 10.1. The molecule has 0 radical (unpaired) electrons. The van der Waals surface area contributed by atoms with Crippen LogP contribution >= 0.6 is 11.6 Å². The van der Waals surface area contributed by atoms with E-state index in [1.54, 1.807) is 18.2 Å². The first-order valence-corrected chi connectivity index (χ1v) is 11.5. The van der Waals surface area contributed by atoms with E-state index in [-0.39, 0.29) is 30.6 Å². The number of piperidine rings is 1. The molecule has 2 N–H and O–H groups in total. The van der Waals surface area contributed by atoms with E-state index in [2.05, 4.69) is 0 Å². The van der Waals surface area contributed by atoms with Crippen molar-refractivity contribution in [1.82, 2.24) is 4.90 Å². The summed E-state index contributed by atoms with van der Waals surface area (Å²) in [5, 5.41) is 22.3. The molecule has 2 aliphatic heterocycles. The molecule has 0 unspecified atom stereocenters. The van der Waals surface area contributed by atoms with Crippen molar-refractivity contribution in [2.24, 2.45) is 0 Å². The number of anilines is 1. The molecule has 4 rings (SSSR count). The number of hydrogen-bond acceptors (Lipinski definition) is 6. The Balaban J connectivity index is 1.34. The van der Waals surface area contributed by atoms with Gasteiger partial charge in [0, 0.05) is 38.8 Å². The number of halogens is 3. The lowest BCUT2D eigenvalue weighted by Gasteiger charge is -2.42. The van der Waals surface area contributed by atoms with Crippen LogP contribution in [-0.4, -0.2) is 78.9 Å². The first-order chi connectivity index (χ1) is 15.8. The molecular weight excluding hydrogens is 454 g/mol. The molecule has 2 aromatic carbocycles. The average molecular weight is 483 g/mol. The molecule has 33 heavy (non-hydrogen) atoms. The van der Waals surface area contributed by atoms with Gasteiger partial charge in [-0.25, -0.2) is 8.78 Å². The second-order valence-corrected chi connectivity index (χ2v) is 9.42. The fourth-order valence-electron chi connectivity index (χ4n) is 4.45. The molecule has 0 bridgehead atoms. The van der Waals surface area contributed by atoms with E-state index in [1.807, 2.05) is 9.80 Å². The van der Waals surface area contributed by atoms with Gasteiger partial charge in [0.15, 0.2) is 0 Å². The van der Waals surface area contributed by atoms with Gasteiger partial charge in [0.2, 0.25) is 0 Å². The first-order valence-electron chi connectivity index (χ1n) is 11.1. The molecule has 2 aromatic rings. The zero-order valence-electron chi connectivity index (χ0n) is 18.4. The van der Waals surface area contributed by atoms with Gasteiger partial charge < -0.3 is 24.6 Å². The predicted molar refractivity (Wildman–Crippen MR) is 122 cm³/mol. The minimum Gasteiger partial charge on any atom is -0.490 e. The standard InChI is InChI=1S/C24H29ClF2N2O4/c25-19-13-18(5-6-20(19)26)33-17-24(31)15-28(11-12-32-16-24)14-23(30)7-9-29(10-8-23)22-4-2-1-3-21(22)27/h1-6,13,30-31H,7-12,14-17H2/t24-/m0/s1. The Labute approximate surface area is 197 Å². The quantitative estimate of drug-likeness (QED) is 0.659. The van der Waals surface area contributed by atoms with Gasteiger partial charge in [0.25, 0.3) is 0 Å². The van der Waals surface area contributed by atoms with E-state index < -0.39 is 17.0 Å². The smallest absolute Gasteiger partial charge is 0.146 e. The average Bonchev–Trinajstić information content (AvgIpc) is 2.97. The molecule has 0 aliphatic carbocycles. The molecule has 6 nitrogen and oxygen atoms in total. The minimum absolute atomic E-state index is 0.0535. The van der Waals surface area contributed by atoms with Crippen LogP contribution in [0.4, 0.5) is 14.5 Å². The van der Waals surface area contributed by atoms with E-state index in [1.165, 1.54) is 24.3 Å². The van der Waals surface area contributed by atoms with Gasteiger partial charge in [0.05, 0.1) is 29.5 Å². The third-order valence-electron chi connectivity index (χ3n) is 6.24. The summed E-state index contributed by atoms with van der Waals surface area (Å²) in [6, 6.07) is 10.7. The van der Waals surface area contributed by atoms with Gasteiger partial charge in [-0.1, -0.05) is 23.7 Å². The van der Waals surface area contributed by atoms with Gasteiger partial charge in [-0.3, -0.25) is 4.90 Å². The van der Waals surface area contributed by atoms with Crippen LogP contribution in [0.1, 0.15) is 12.8 Å². The fraction of sp³-hybridized carbons (Fsp3) is 0.500. The van der Waals surface area contributed by atoms with Crippen LogP contribution in [-0.2, 0) is 4.74 Å². The van der Waals surface area contributed by atoms with Crippen LogP contribution in [0.25, 0.3) is 0 Å². The van der Waals surface area contributed by atoms with Crippen LogP contribution in [0.5, 0.6) is 5.75 Å². The Morgan fingerprint density at radius 2 is 1.76 bits per heavy atom. The van der Waals surface area contributed by atoms with E-state index in [4.69, 9.17) is 21.1 Å². The molecule has 2 heterocycles. The van der Waals surface area contributed by atoms with Crippen molar-refractivity contribution >= 4 is 17.3 Å². The number of nitrogens with zero attached hydrogens (tertiary/aromatic N) is 2. The zero-order valence-corrected chi connectivity index (χ0v) is 19.1. The molecule has 0 aromatic heterocycles. The Hall–Kier alpha value is -1.97. The number of rotatable bonds is 6. The van der Waals surface area contributed by atoms with Crippen molar-refractivity contribution < 1.29 is 28.5 Å². The van der Waals surface area contributed by atoms with Crippen LogP contribution in [0, 0.1) is 11.6 Å². The molecule has 180 valence electrons. The van der Waals surface area contributed by atoms with E-state index in [9.17, 15) is 19.0 Å². The number of aliphatic hydroxyl groups is 2.